The molecule has 0 aliphatic rings. The van der Waals surface area contributed by atoms with Crippen molar-refractivity contribution in [1.29, 1.82) is 0 Å². The minimum Gasteiger partial charge on any atom is -0.362 e. The van der Waals surface area contributed by atoms with E-state index in [1.165, 1.54) is 0 Å². The Morgan fingerprint density at radius 3 is 2.71 bits per heavy atom. The summed E-state index contributed by atoms with van der Waals surface area (Å²) >= 11 is 4.98. The summed E-state index contributed by atoms with van der Waals surface area (Å²) in [6, 6.07) is 10.1. The van der Waals surface area contributed by atoms with Gasteiger partial charge in [0.2, 0.25) is 0 Å². The predicted molar refractivity (Wildman–Crippen MR) is 78.0 cm³/mol. The van der Waals surface area contributed by atoms with Crippen molar-refractivity contribution < 1.29 is 0 Å². The molecule has 0 spiro atoms. The van der Waals surface area contributed by atoms with Gasteiger partial charge in [0, 0.05) is 6.54 Å². The van der Waals surface area contributed by atoms with Gasteiger partial charge in [-0.25, -0.2) is 0 Å². The van der Waals surface area contributed by atoms with Crippen molar-refractivity contribution in [2.24, 2.45) is 5.10 Å². The summed E-state index contributed by atoms with van der Waals surface area (Å²) < 4.78 is 0. The molecule has 1 aromatic carbocycles. The van der Waals surface area contributed by atoms with E-state index in [1.54, 1.807) is 6.21 Å². The lowest BCUT2D eigenvalue weighted by molar-refractivity contribution is 0.904. The van der Waals surface area contributed by atoms with Crippen LogP contribution in [0.25, 0.3) is 6.08 Å². The zero-order valence-electron chi connectivity index (χ0n) is 10.1. The molecule has 0 unspecified atom stereocenters. The first-order valence-electron chi connectivity index (χ1n) is 5.52. The number of thiocarbonyl (C=S) groups is 1. The Morgan fingerprint density at radius 2 is 2.06 bits per heavy atom. The molecular weight excluding hydrogens is 230 g/mol. The summed E-state index contributed by atoms with van der Waals surface area (Å²) in [6.45, 7) is 4.77. The molecule has 4 heteroatoms. The highest BCUT2D eigenvalue weighted by Gasteiger charge is 1.89. The van der Waals surface area contributed by atoms with Crippen LogP contribution < -0.4 is 10.7 Å². The molecule has 1 rings (SSSR count). The minimum atomic E-state index is 0.538. The Hall–Kier alpha value is -1.68. The van der Waals surface area contributed by atoms with E-state index in [0.717, 1.165) is 17.7 Å². The van der Waals surface area contributed by atoms with Gasteiger partial charge in [-0.05, 0) is 37.2 Å². The number of nitrogens with one attached hydrogen (secondary N) is 2. The largest absolute Gasteiger partial charge is 0.362 e. The van der Waals surface area contributed by atoms with Gasteiger partial charge in [0.15, 0.2) is 5.11 Å². The Kier molecular flexibility index (Phi) is 5.96. The second-order valence-corrected chi connectivity index (χ2v) is 3.94. The van der Waals surface area contributed by atoms with Crippen molar-refractivity contribution in [3.8, 4) is 0 Å². The van der Waals surface area contributed by atoms with Crippen LogP contribution in [0.15, 0.2) is 41.0 Å². The predicted octanol–water partition coefficient (Wildman–Crippen LogP) is 2.56. The van der Waals surface area contributed by atoms with Gasteiger partial charge in [-0.3, -0.25) is 5.43 Å². The zero-order chi connectivity index (χ0) is 12.5. The summed E-state index contributed by atoms with van der Waals surface area (Å²) in [5.74, 6) is 0. The Balaban J connectivity index is 2.49. The number of hydrogen-bond donors (Lipinski definition) is 2. The fourth-order valence-electron chi connectivity index (χ4n) is 1.24. The Labute approximate surface area is 108 Å². The van der Waals surface area contributed by atoms with Crippen molar-refractivity contribution in [3.05, 3.63) is 41.5 Å². The third-order valence-electron chi connectivity index (χ3n) is 1.97. The van der Waals surface area contributed by atoms with Crippen LogP contribution in [0.4, 0.5) is 0 Å². The molecule has 0 aromatic heterocycles. The molecule has 0 saturated heterocycles. The van der Waals surface area contributed by atoms with Crippen LogP contribution in [0.2, 0.25) is 0 Å². The maximum Gasteiger partial charge on any atom is 0.186 e. The second kappa shape index (κ2) is 7.57. The van der Waals surface area contributed by atoms with Crippen LogP contribution in [-0.2, 0) is 0 Å². The van der Waals surface area contributed by atoms with Gasteiger partial charge in [0.05, 0.1) is 6.21 Å². The third kappa shape index (κ3) is 5.82. The number of allylic oxidation sites excluding steroid dienone is 1. The van der Waals surface area contributed by atoms with E-state index in [9.17, 15) is 0 Å². The molecule has 0 amide bonds. The molecule has 0 aliphatic carbocycles. The first-order valence-corrected chi connectivity index (χ1v) is 5.93. The molecule has 0 radical (unpaired) electrons. The van der Waals surface area contributed by atoms with Crippen LogP contribution in [0.5, 0.6) is 0 Å². The van der Waals surface area contributed by atoms with Gasteiger partial charge in [-0.2, -0.15) is 5.10 Å². The van der Waals surface area contributed by atoms with E-state index in [4.69, 9.17) is 12.2 Å². The molecule has 1 aromatic rings. The number of hydrazone groups is 1. The SMILES string of the molecule is CCNC(=S)N/N=C/C(C)=C/c1ccccc1. The molecule has 17 heavy (non-hydrogen) atoms. The molecular formula is C13H17N3S. The lowest BCUT2D eigenvalue weighted by Crippen LogP contribution is -2.31. The van der Waals surface area contributed by atoms with Crippen LogP contribution in [0.1, 0.15) is 19.4 Å². The number of nitrogens with zero attached hydrogens (tertiary/aromatic N) is 1. The molecule has 0 saturated carbocycles. The molecule has 0 atom stereocenters. The monoisotopic (exact) mass is 247 g/mol. The van der Waals surface area contributed by atoms with Crippen LogP contribution >= 0.6 is 12.2 Å². The molecule has 0 aliphatic heterocycles. The molecule has 0 fully saturated rings. The molecule has 90 valence electrons. The zero-order valence-corrected chi connectivity index (χ0v) is 10.9. The average molecular weight is 247 g/mol. The second-order valence-electron chi connectivity index (χ2n) is 3.53. The summed E-state index contributed by atoms with van der Waals surface area (Å²) in [4.78, 5) is 0. The van der Waals surface area contributed by atoms with Gasteiger partial charge in [0.1, 0.15) is 0 Å². The first kappa shape index (κ1) is 13.4. The highest BCUT2D eigenvalue weighted by Crippen LogP contribution is 2.04. The Morgan fingerprint density at radius 1 is 1.35 bits per heavy atom. The van der Waals surface area contributed by atoms with E-state index >= 15 is 0 Å². The quantitative estimate of drug-likeness (QED) is 0.488. The molecule has 0 bridgehead atoms. The summed E-state index contributed by atoms with van der Waals surface area (Å²) in [5, 5.41) is 7.53. The lowest BCUT2D eigenvalue weighted by Gasteiger charge is -2.02. The van der Waals surface area contributed by atoms with E-state index < -0.39 is 0 Å². The van der Waals surface area contributed by atoms with Crippen molar-refractivity contribution in [1.82, 2.24) is 10.7 Å². The normalized spacial score (nSPS) is 11.5. The van der Waals surface area contributed by atoms with Crippen molar-refractivity contribution in [3.63, 3.8) is 0 Å². The maximum absolute atomic E-state index is 4.98. The van der Waals surface area contributed by atoms with Gasteiger partial charge in [-0.1, -0.05) is 36.4 Å². The van der Waals surface area contributed by atoms with Crippen molar-refractivity contribution >= 4 is 29.6 Å². The highest BCUT2D eigenvalue weighted by molar-refractivity contribution is 7.80. The fourth-order valence-corrected chi connectivity index (χ4v) is 1.44. The topological polar surface area (TPSA) is 36.4 Å². The van der Waals surface area contributed by atoms with Crippen LogP contribution in [0, 0.1) is 0 Å². The van der Waals surface area contributed by atoms with E-state index in [-0.39, 0.29) is 0 Å². The van der Waals surface area contributed by atoms with E-state index in [2.05, 4.69) is 21.9 Å². The smallest absolute Gasteiger partial charge is 0.186 e. The highest BCUT2D eigenvalue weighted by atomic mass is 32.1. The lowest BCUT2D eigenvalue weighted by atomic mass is 10.1. The molecule has 2 N–H and O–H groups in total. The third-order valence-corrected chi connectivity index (χ3v) is 2.20. The van der Waals surface area contributed by atoms with Crippen LogP contribution in [0.3, 0.4) is 0 Å². The standard InChI is InChI=1S/C13H17N3S/c1-3-14-13(17)16-15-10-11(2)9-12-7-5-4-6-8-12/h4-10H,3H2,1-2H3,(H2,14,16,17)/b11-9+,15-10+. The van der Waals surface area contributed by atoms with Gasteiger partial charge in [-0.15, -0.1) is 0 Å². The minimum absolute atomic E-state index is 0.538. The Bertz CT molecular complexity index is 410. The number of hydrogen-bond acceptors (Lipinski definition) is 2. The molecule has 0 heterocycles. The summed E-state index contributed by atoms with van der Waals surface area (Å²) in [5.41, 5.74) is 4.97. The van der Waals surface area contributed by atoms with Gasteiger partial charge in [0.25, 0.3) is 0 Å². The number of benzene rings is 1. The summed E-state index contributed by atoms with van der Waals surface area (Å²) in [7, 11) is 0. The van der Waals surface area contributed by atoms with Crippen LogP contribution in [-0.4, -0.2) is 17.9 Å². The summed E-state index contributed by atoms with van der Waals surface area (Å²) in [6.07, 6.45) is 3.80. The van der Waals surface area contributed by atoms with E-state index in [1.807, 2.05) is 44.2 Å². The van der Waals surface area contributed by atoms with Gasteiger partial charge >= 0.3 is 0 Å². The maximum atomic E-state index is 4.98. The first-order chi connectivity index (χ1) is 8.22. The fraction of sp³-hybridized carbons (Fsp3) is 0.231. The average Bonchev–Trinajstić information content (AvgIpc) is 2.30. The van der Waals surface area contributed by atoms with Crippen molar-refractivity contribution in [2.45, 2.75) is 13.8 Å². The van der Waals surface area contributed by atoms with E-state index in [0.29, 0.717) is 5.11 Å². The molecule has 3 nitrogen and oxygen atoms in total. The van der Waals surface area contributed by atoms with Gasteiger partial charge < -0.3 is 5.32 Å². The number of rotatable bonds is 4. The van der Waals surface area contributed by atoms with Crippen molar-refractivity contribution in [2.75, 3.05) is 6.54 Å².